The summed E-state index contributed by atoms with van der Waals surface area (Å²) in [5.41, 5.74) is 2.21. The standard InChI is InChI=1S/C28H22BrN3O6/c1-38-21-9-10-23-22(14-21)18(15-30-23)11-12-31-25(16-5-7-19(29)8-6-16)24(27(34)28(31)35)26(33)17-3-2-4-20(13-17)32(36)37/h2-10,13-15,25,30,33H,11-12H2,1H3/t25-/m1/s1. The van der Waals surface area contributed by atoms with Crippen molar-refractivity contribution in [3.8, 4) is 5.75 Å². The number of aromatic nitrogens is 1. The number of fused-ring (bicyclic) bond motifs is 1. The van der Waals surface area contributed by atoms with Gasteiger partial charge in [0.25, 0.3) is 17.4 Å². The third-order valence-electron chi connectivity index (χ3n) is 6.65. The van der Waals surface area contributed by atoms with Crippen LogP contribution in [0.2, 0.25) is 0 Å². The summed E-state index contributed by atoms with van der Waals surface area (Å²) in [7, 11) is 1.59. The summed E-state index contributed by atoms with van der Waals surface area (Å²) >= 11 is 3.40. The fourth-order valence-corrected chi connectivity index (χ4v) is 5.02. The number of nitrogens with zero attached hydrogens (tertiary/aromatic N) is 2. The number of H-pyrrole nitrogens is 1. The van der Waals surface area contributed by atoms with Crippen molar-refractivity contribution in [2.45, 2.75) is 12.5 Å². The maximum absolute atomic E-state index is 13.3. The number of ketones is 1. The van der Waals surface area contributed by atoms with Crippen LogP contribution >= 0.6 is 15.9 Å². The van der Waals surface area contributed by atoms with E-state index < -0.39 is 28.4 Å². The number of Topliss-reactive ketones (excluding diaryl/α,β-unsaturated/α-hetero) is 1. The van der Waals surface area contributed by atoms with Crippen molar-refractivity contribution in [2.24, 2.45) is 0 Å². The van der Waals surface area contributed by atoms with Crippen LogP contribution in [0.4, 0.5) is 5.69 Å². The quantitative estimate of drug-likeness (QED) is 0.0983. The minimum atomic E-state index is -0.873. The van der Waals surface area contributed by atoms with Crippen LogP contribution < -0.4 is 4.74 Å². The van der Waals surface area contributed by atoms with E-state index in [1.165, 1.54) is 29.2 Å². The Morgan fingerprint density at radius 2 is 1.89 bits per heavy atom. The van der Waals surface area contributed by atoms with Crippen molar-refractivity contribution in [3.05, 3.63) is 110 Å². The maximum atomic E-state index is 13.3. The molecule has 1 aliphatic rings. The molecule has 1 atom stereocenters. The Labute approximate surface area is 225 Å². The number of nitro groups is 1. The molecule has 1 amide bonds. The molecule has 192 valence electrons. The minimum Gasteiger partial charge on any atom is -0.507 e. The number of carbonyl (C=O) groups is 2. The van der Waals surface area contributed by atoms with Gasteiger partial charge in [0.2, 0.25) is 0 Å². The second kappa shape index (κ2) is 10.1. The van der Waals surface area contributed by atoms with Crippen molar-refractivity contribution in [1.82, 2.24) is 9.88 Å². The first-order valence-electron chi connectivity index (χ1n) is 11.7. The number of carbonyl (C=O) groups excluding carboxylic acids is 2. The van der Waals surface area contributed by atoms with Crippen LogP contribution in [0.3, 0.4) is 0 Å². The lowest BCUT2D eigenvalue weighted by Crippen LogP contribution is -2.31. The summed E-state index contributed by atoms with van der Waals surface area (Å²) in [6, 6.07) is 17.3. The Morgan fingerprint density at radius 1 is 1.13 bits per heavy atom. The molecule has 2 heterocycles. The number of rotatable bonds is 7. The van der Waals surface area contributed by atoms with Gasteiger partial charge in [-0.25, -0.2) is 0 Å². The predicted octanol–water partition coefficient (Wildman–Crippen LogP) is 5.51. The van der Waals surface area contributed by atoms with Crippen molar-refractivity contribution >= 4 is 50.0 Å². The fraction of sp³-hybridized carbons (Fsp3) is 0.143. The molecule has 0 saturated carbocycles. The van der Waals surface area contributed by atoms with Gasteiger partial charge in [-0.2, -0.15) is 0 Å². The van der Waals surface area contributed by atoms with Crippen LogP contribution in [-0.4, -0.2) is 45.3 Å². The highest BCUT2D eigenvalue weighted by atomic mass is 79.9. The molecular formula is C28H22BrN3O6. The molecule has 9 nitrogen and oxygen atoms in total. The number of ether oxygens (including phenoxy) is 1. The van der Waals surface area contributed by atoms with E-state index in [4.69, 9.17) is 4.74 Å². The number of hydrogen-bond acceptors (Lipinski definition) is 6. The number of benzene rings is 3. The van der Waals surface area contributed by atoms with Gasteiger partial charge in [-0.05, 0) is 47.9 Å². The van der Waals surface area contributed by atoms with Crippen molar-refractivity contribution in [3.63, 3.8) is 0 Å². The van der Waals surface area contributed by atoms with Gasteiger partial charge in [-0.1, -0.05) is 40.2 Å². The number of aliphatic hydroxyl groups is 1. The topological polar surface area (TPSA) is 126 Å². The third kappa shape index (κ3) is 4.54. The summed E-state index contributed by atoms with van der Waals surface area (Å²) < 4.78 is 6.15. The van der Waals surface area contributed by atoms with Gasteiger partial charge in [-0.3, -0.25) is 19.7 Å². The summed E-state index contributed by atoms with van der Waals surface area (Å²) in [5.74, 6) is -1.35. The van der Waals surface area contributed by atoms with Crippen LogP contribution in [0.15, 0.2) is 83.0 Å². The number of amides is 1. The lowest BCUT2D eigenvalue weighted by Gasteiger charge is -2.25. The molecule has 0 bridgehead atoms. The van der Waals surface area contributed by atoms with Gasteiger partial charge in [0.15, 0.2) is 0 Å². The zero-order chi connectivity index (χ0) is 27.0. The number of nitro benzene ring substituents is 1. The van der Waals surface area contributed by atoms with Gasteiger partial charge in [0.1, 0.15) is 11.5 Å². The average Bonchev–Trinajstić information content (AvgIpc) is 3.44. The summed E-state index contributed by atoms with van der Waals surface area (Å²) in [5, 5.41) is 23.4. The number of methoxy groups -OCH3 is 1. The Bertz CT molecular complexity index is 1610. The molecule has 10 heteroatoms. The molecular weight excluding hydrogens is 554 g/mol. The van der Waals surface area contributed by atoms with E-state index in [1.54, 1.807) is 31.4 Å². The van der Waals surface area contributed by atoms with E-state index in [9.17, 15) is 24.8 Å². The molecule has 3 aromatic carbocycles. The highest BCUT2D eigenvalue weighted by Crippen LogP contribution is 2.40. The van der Waals surface area contributed by atoms with Crippen LogP contribution in [0, 0.1) is 10.1 Å². The Morgan fingerprint density at radius 3 is 2.61 bits per heavy atom. The number of aromatic amines is 1. The van der Waals surface area contributed by atoms with Gasteiger partial charge in [0.05, 0.1) is 23.6 Å². The number of halogens is 1. The molecule has 0 aliphatic carbocycles. The van der Waals surface area contributed by atoms with E-state index in [-0.39, 0.29) is 23.4 Å². The molecule has 5 rings (SSSR count). The van der Waals surface area contributed by atoms with E-state index in [0.29, 0.717) is 17.7 Å². The number of aliphatic hydroxyl groups excluding tert-OH is 1. The minimum absolute atomic E-state index is 0.0861. The Hall–Kier alpha value is -4.44. The molecule has 38 heavy (non-hydrogen) atoms. The maximum Gasteiger partial charge on any atom is 0.295 e. The lowest BCUT2D eigenvalue weighted by atomic mass is 9.95. The molecule has 2 N–H and O–H groups in total. The molecule has 1 saturated heterocycles. The number of nitrogens with one attached hydrogen (secondary N) is 1. The highest BCUT2D eigenvalue weighted by molar-refractivity contribution is 9.10. The van der Waals surface area contributed by atoms with E-state index in [1.807, 2.05) is 24.4 Å². The largest absolute Gasteiger partial charge is 0.507 e. The molecule has 0 unspecified atom stereocenters. The van der Waals surface area contributed by atoms with Gasteiger partial charge in [0, 0.05) is 45.8 Å². The lowest BCUT2D eigenvalue weighted by molar-refractivity contribution is -0.384. The second-order valence-corrected chi connectivity index (χ2v) is 9.74. The summed E-state index contributed by atoms with van der Waals surface area (Å²) in [4.78, 5) is 41.9. The monoisotopic (exact) mass is 575 g/mol. The normalized spacial score (nSPS) is 16.8. The summed E-state index contributed by atoms with van der Waals surface area (Å²) in [6.07, 6.45) is 2.29. The first-order chi connectivity index (χ1) is 18.3. The number of non-ortho nitro benzene ring substituents is 1. The van der Waals surface area contributed by atoms with Crippen molar-refractivity contribution < 1.29 is 24.4 Å². The van der Waals surface area contributed by atoms with Gasteiger partial charge < -0.3 is 19.7 Å². The van der Waals surface area contributed by atoms with Crippen LogP contribution in [0.25, 0.3) is 16.7 Å². The highest BCUT2D eigenvalue weighted by Gasteiger charge is 2.46. The molecule has 0 radical (unpaired) electrons. The molecule has 1 aromatic heterocycles. The third-order valence-corrected chi connectivity index (χ3v) is 7.18. The first-order valence-corrected chi connectivity index (χ1v) is 12.5. The van der Waals surface area contributed by atoms with Gasteiger partial charge >= 0.3 is 0 Å². The predicted molar refractivity (Wildman–Crippen MR) is 145 cm³/mol. The van der Waals surface area contributed by atoms with Gasteiger partial charge in [-0.15, -0.1) is 0 Å². The van der Waals surface area contributed by atoms with E-state index in [0.717, 1.165) is 20.9 Å². The van der Waals surface area contributed by atoms with E-state index >= 15 is 0 Å². The van der Waals surface area contributed by atoms with Crippen LogP contribution in [0.5, 0.6) is 5.75 Å². The van der Waals surface area contributed by atoms with E-state index in [2.05, 4.69) is 20.9 Å². The van der Waals surface area contributed by atoms with Crippen LogP contribution in [-0.2, 0) is 16.0 Å². The fourth-order valence-electron chi connectivity index (χ4n) is 4.76. The molecule has 4 aromatic rings. The molecule has 1 fully saturated rings. The molecule has 1 aliphatic heterocycles. The second-order valence-electron chi connectivity index (χ2n) is 8.83. The number of likely N-dealkylation sites (tertiary alicyclic amines) is 1. The summed E-state index contributed by atoms with van der Waals surface area (Å²) in [6.45, 7) is 0.196. The molecule has 0 spiro atoms. The number of hydrogen-bond donors (Lipinski definition) is 2. The zero-order valence-corrected chi connectivity index (χ0v) is 21.8. The smallest absolute Gasteiger partial charge is 0.295 e. The SMILES string of the molecule is COc1ccc2[nH]cc(CCN3C(=O)C(=O)C(=C(O)c4cccc([N+](=O)[O-])c4)[C@H]3c3ccc(Br)cc3)c2c1. The average molecular weight is 576 g/mol. The van der Waals surface area contributed by atoms with Crippen molar-refractivity contribution in [2.75, 3.05) is 13.7 Å². The zero-order valence-electron chi connectivity index (χ0n) is 20.2. The first kappa shape index (κ1) is 25.2. The Kier molecular flexibility index (Phi) is 6.73. The Balaban J connectivity index is 1.56. The van der Waals surface area contributed by atoms with Crippen LogP contribution in [0.1, 0.15) is 22.7 Å². The van der Waals surface area contributed by atoms with Crippen molar-refractivity contribution in [1.29, 1.82) is 0 Å².